The summed E-state index contributed by atoms with van der Waals surface area (Å²) in [6, 6.07) is 8.95. The van der Waals surface area contributed by atoms with E-state index >= 15 is 0 Å². The molecule has 1 aromatic carbocycles. The Balaban J connectivity index is 1.82. The Kier molecular flexibility index (Phi) is 5.03. The van der Waals surface area contributed by atoms with E-state index in [1.54, 1.807) is 36.0 Å². The van der Waals surface area contributed by atoms with Crippen LogP contribution in [0.3, 0.4) is 0 Å². The number of carbonyl (C=O) groups is 3. The van der Waals surface area contributed by atoms with Gasteiger partial charge in [0.2, 0.25) is 0 Å². The first-order valence-corrected chi connectivity index (χ1v) is 9.30. The zero-order valence-electron chi connectivity index (χ0n) is 14.2. The summed E-state index contributed by atoms with van der Waals surface area (Å²) in [5.41, 5.74) is -0.0705. The Morgan fingerprint density at radius 3 is 2.44 bits per heavy atom. The van der Waals surface area contributed by atoms with E-state index in [9.17, 15) is 14.4 Å². The molecule has 0 unspecified atom stereocenters. The standard InChI is InChI=1S/C18H21NO5S/c1-11(20)23-14-8-9-18(10-25-15(14)16(18)24-12(2)21)19-17(22)13-6-4-3-5-7-13/h3-7,14-16H,8-10H2,1-2H3,(H,19,22)/t14-,15-,16-,18-/m0/s1. The molecule has 1 heterocycles. The fourth-order valence-electron chi connectivity index (χ4n) is 3.57. The van der Waals surface area contributed by atoms with Crippen molar-refractivity contribution >= 4 is 29.6 Å². The molecule has 4 atom stereocenters. The predicted molar refractivity (Wildman–Crippen MR) is 93.2 cm³/mol. The lowest BCUT2D eigenvalue weighted by Gasteiger charge is -2.42. The molecule has 1 aliphatic heterocycles. The minimum absolute atomic E-state index is 0.169. The van der Waals surface area contributed by atoms with Crippen LogP contribution in [-0.2, 0) is 19.1 Å². The van der Waals surface area contributed by atoms with Crippen LogP contribution >= 0.6 is 11.8 Å². The van der Waals surface area contributed by atoms with Crippen LogP contribution in [-0.4, -0.2) is 46.6 Å². The minimum Gasteiger partial charge on any atom is -0.461 e. The molecule has 0 aromatic heterocycles. The van der Waals surface area contributed by atoms with E-state index in [-0.39, 0.29) is 23.2 Å². The fourth-order valence-corrected chi connectivity index (χ4v) is 5.33. The van der Waals surface area contributed by atoms with Gasteiger partial charge >= 0.3 is 11.9 Å². The first-order chi connectivity index (χ1) is 11.9. The highest BCUT2D eigenvalue weighted by molar-refractivity contribution is 8.00. The van der Waals surface area contributed by atoms with Crippen LogP contribution in [0, 0.1) is 0 Å². The maximum absolute atomic E-state index is 12.6. The Bertz CT molecular complexity index is 679. The first kappa shape index (κ1) is 17.8. The lowest BCUT2D eigenvalue weighted by atomic mass is 9.78. The van der Waals surface area contributed by atoms with Gasteiger partial charge in [0.1, 0.15) is 12.2 Å². The van der Waals surface area contributed by atoms with Gasteiger partial charge in [-0.15, -0.1) is 11.8 Å². The van der Waals surface area contributed by atoms with Crippen molar-refractivity contribution in [3.63, 3.8) is 0 Å². The Morgan fingerprint density at radius 1 is 1.12 bits per heavy atom. The topological polar surface area (TPSA) is 81.7 Å². The average molecular weight is 363 g/mol. The highest BCUT2D eigenvalue weighted by Crippen LogP contribution is 2.47. The average Bonchev–Trinajstić information content (AvgIpc) is 2.79. The number of carbonyl (C=O) groups excluding carboxylic acids is 3. The molecule has 7 heteroatoms. The van der Waals surface area contributed by atoms with Gasteiger partial charge in [-0.2, -0.15) is 0 Å². The number of amides is 1. The summed E-state index contributed by atoms with van der Waals surface area (Å²) in [7, 11) is 0. The maximum Gasteiger partial charge on any atom is 0.303 e. The molecular formula is C18H21NO5S. The molecule has 1 aliphatic carbocycles. The van der Waals surface area contributed by atoms with Gasteiger partial charge in [-0.05, 0) is 25.0 Å². The molecule has 3 rings (SSSR count). The van der Waals surface area contributed by atoms with E-state index in [1.165, 1.54) is 13.8 Å². The molecule has 134 valence electrons. The summed E-state index contributed by atoms with van der Waals surface area (Å²) in [5, 5.41) is 2.92. The number of fused-ring (bicyclic) bond motifs is 2. The van der Waals surface area contributed by atoms with Gasteiger partial charge in [0, 0.05) is 25.2 Å². The SMILES string of the molecule is CC(=O)O[C@H]1CC[C@]2(NC(=O)c3ccccc3)CS[C@@H]1[C@@H]2OC(C)=O. The van der Waals surface area contributed by atoms with Gasteiger partial charge in [-0.25, -0.2) is 0 Å². The van der Waals surface area contributed by atoms with Gasteiger partial charge in [-0.3, -0.25) is 14.4 Å². The molecule has 1 saturated heterocycles. The lowest BCUT2D eigenvalue weighted by Crippen LogP contribution is -2.63. The number of hydrogen-bond donors (Lipinski definition) is 1. The summed E-state index contributed by atoms with van der Waals surface area (Å²) in [6.45, 7) is 2.73. The molecule has 2 bridgehead atoms. The molecule has 2 aliphatic rings. The van der Waals surface area contributed by atoms with Gasteiger partial charge in [0.15, 0.2) is 0 Å². The zero-order valence-corrected chi connectivity index (χ0v) is 15.0. The lowest BCUT2D eigenvalue weighted by molar-refractivity contribution is -0.159. The molecule has 1 aromatic rings. The molecule has 1 amide bonds. The maximum atomic E-state index is 12.6. The highest BCUT2D eigenvalue weighted by Gasteiger charge is 2.58. The molecule has 1 N–H and O–H groups in total. The van der Waals surface area contributed by atoms with E-state index in [2.05, 4.69) is 5.32 Å². The highest BCUT2D eigenvalue weighted by atomic mass is 32.2. The number of hydrogen-bond acceptors (Lipinski definition) is 6. The van der Waals surface area contributed by atoms with Crippen LogP contribution in [0.2, 0.25) is 0 Å². The summed E-state index contributed by atoms with van der Waals surface area (Å²) in [4.78, 5) is 35.6. The first-order valence-electron chi connectivity index (χ1n) is 8.25. The summed E-state index contributed by atoms with van der Waals surface area (Å²) >= 11 is 1.58. The van der Waals surface area contributed by atoms with Crippen LogP contribution in [0.25, 0.3) is 0 Å². The van der Waals surface area contributed by atoms with E-state index < -0.39 is 17.6 Å². The number of thioether (sulfide) groups is 1. The molecular weight excluding hydrogens is 342 g/mol. The van der Waals surface area contributed by atoms with Crippen molar-refractivity contribution in [2.75, 3.05) is 5.75 Å². The molecule has 0 radical (unpaired) electrons. The van der Waals surface area contributed by atoms with Gasteiger partial charge in [-0.1, -0.05) is 18.2 Å². The summed E-state index contributed by atoms with van der Waals surface area (Å²) in [6.07, 6.45) is 0.395. The van der Waals surface area contributed by atoms with Crippen molar-refractivity contribution < 1.29 is 23.9 Å². The second-order valence-electron chi connectivity index (χ2n) is 6.47. The van der Waals surface area contributed by atoms with Crippen molar-refractivity contribution in [1.29, 1.82) is 0 Å². The molecule has 2 fully saturated rings. The number of nitrogens with one attached hydrogen (secondary N) is 1. The third-order valence-electron chi connectivity index (χ3n) is 4.63. The fraction of sp³-hybridized carbons (Fsp3) is 0.500. The number of esters is 2. The van der Waals surface area contributed by atoms with E-state index in [4.69, 9.17) is 9.47 Å². The number of ether oxygens (including phenoxy) is 2. The van der Waals surface area contributed by atoms with Crippen LogP contribution in [0.15, 0.2) is 30.3 Å². The van der Waals surface area contributed by atoms with Gasteiger partial charge < -0.3 is 14.8 Å². The molecule has 6 nitrogen and oxygen atoms in total. The quantitative estimate of drug-likeness (QED) is 0.823. The van der Waals surface area contributed by atoms with Crippen LogP contribution < -0.4 is 5.32 Å². The predicted octanol–water partition coefficient (Wildman–Crippen LogP) is 1.93. The number of rotatable bonds is 4. The second-order valence-corrected chi connectivity index (χ2v) is 7.63. The normalized spacial score (nSPS) is 30.4. The zero-order chi connectivity index (χ0) is 18.0. The van der Waals surface area contributed by atoms with Crippen molar-refractivity contribution in [3.8, 4) is 0 Å². The van der Waals surface area contributed by atoms with Crippen LogP contribution in [0.4, 0.5) is 0 Å². The minimum atomic E-state index is -0.634. The third kappa shape index (κ3) is 3.66. The van der Waals surface area contributed by atoms with E-state index in [0.717, 1.165) is 0 Å². The monoisotopic (exact) mass is 363 g/mol. The molecule has 25 heavy (non-hydrogen) atoms. The van der Waals surface area contributed by atoms with Crippen molar-refractivity contribution in [2.24, 2.45) is 0 Å². The van der Waals surface area contributed by atoms with Gasteiger partial charge in [0.25, 0.3) is 5.91 Å². The number of benzene rings is 1. The van der Waals surface area contributed by atoms with Crippen molar-refractivity contribution in [3.05, 3.63) is 35.9 Å². The Labute approximate surface area is 150 Å². The second kappa shape index (κ2) is 7.07. The largest absolute Gasteiger partial charge is 0.461 e. The van der Waals surface area contributed by atoms with E-state index in [0.29, 0.717) is 24.2 Å². The smallest absolute Gasteiger partial charge is 0.303 e. The van der Waals surface area contributed by atoms with Crippen molar-refractivity contribution in [1.82, 2.24) is 5.32 Å². The third-order valence-corrected chi connectivity index (χ3v) is 6.24. The van der Waals surface area contributed by atoms with Crippen molar-refractivity contribution in [2.45, 2.75) is 49.7 Å². The van der Waals surface area contributed by atoms with Gasteiger partial charge in [0.05, 0.1) is 10.8 Å². The Morgan fingerprint density at radius 2 is 1.80 bits per heavy atom. The van der Waals surface area contributed by atoms with Crippen LogP contribution in [0.5, 0.6) is 0 Å². The summed E-state index contributed by atoms with van der Waals surface area (Å²) < 4.78 is 11.0. The van der Waals surface area contributed by atoms with E-state index in [1.807, 2.05) is 6.07 Å². The molecule has 1 saturated carbocycles. The molecule has 0 spiro atoms. The van der Waals surface area contributed by atoms with Crippen LogP contribution in [0.1, 0.15) is 37.0 Å². The Hall–Kier alpha value is -2.02. The summed E-state index contributed by atoms with van der Waals surface area (Å²) in [5.74, 6) is -0.324.